The second-order valence-electron chi connectivity index (χ2n) is 3.43. The molecular formula is C8H14ClNO5. The molecule has 0 bridgehead atoms. The van der Waals surface area contributed by atoms with Gasteiger partial charge in [-0.2, -0.15) is 0 Å². The topological polar surface area (TPSA) is 99.0 Å². The first-order chi connectivity index (χ1) is 6.97. The minimum atomic E-state index is -1.38. The zero-order valence-electron chi connectivity index (χ0n) is 8.13. The molecule has 4 N–H and O–H groups in total. The Bertz CT molecular complexity index is 239. The molecule has 0 radical (unpaired) electrons. The van der Waals surface area contributed by atoms with Gasteiger partial charge in [0, 0.05) is 6.92 Å². The van der Waals surface area contributed by atoms with Crippen LogP contribution in [0.4, 0.5) is 0 Å². The second-order valence-corrected chi connectivity index (χ2v) is 3.74. The average Bonchev–Trinajstić information content (AvgIpc) is 2.18. The third-order valence-electron chi connectivity index (χ3n) is 2.24. The van der Waals surface area contributed by atoms with Crippen LogP contribution >= 0.6 is 11.6 Å². The fraction of sp³-hybridized carbons (Fsp3) is 0.875. The molecule has 1 amide bonds. The van der Waals surface area contributed by atoms with E-state index >= 15 is 0 Å². The van der Waals surface area contributed by atoms with Gasteiger partial charge in [-0.3, -0.25) is 4.79 Å². The number of halogens is 1. The number of nitrogens with one attached hydrogen (secondary N) is 1. The smallest absolute Gasteiger partial charge is 0.217 e. The number of hydrogen-bond acceptors (Lipinski definition) is 5. The number of aliphatic hydroxyl groups excluding tert-OH is 3. The molecule has 7 heteroatoms. The van der Waals surface area contributed by atoms with Gasteiger partial charge in [-0.15, -0.1) is 11.6 Å². The average molecular weight is 240 g/mol. The minimum absolute atomic E-state index is 0.0535. The zero-order valence-corrected chi connectivity index (χ0v) is 8.89. The first-order valence-corrected chi connectivity index (χ1v) is 5.03. The summed E-state index contributed by atoms with van der Waals surface area (Å²) in [6.07, 6.45) is -4.76. The van der Waals surface area contributed by atoms with Crippen molar-refractivity contribution in [1.29, 1.82) is 0 Å². The van der Waals surface area contributed by atoms with Crippen LogP contribution in [0.3, 0.4) is 0 Å². The first-order valence-electron chi connectivity index (χ1n) is 4.50. The number of carbonyl (C=O) groups is 1. The third-order valence-corrected chi connectivity index (χ3v) is 2.55. The van der Waals surface area contributed by atoms with Crippen molar-refractivity contribution in [3.63, 3.8) is 0 Å². The van der Waals surface area contributed by atoms with Crippen LogP contribution in [-0.2, 0) is 9.53 Å². The Morgan fingerprint density at radius 3 is 2.47 bits per heavy atom. The quantitative estimate of drug-likeness (QED) is 0.425. The molecule has 0 aromatic rings. The molecule has 1 aliphatic rings. The van der Waals surface area contributed by atoms with E-state index in [-0.39, 0.29) is 5.88 Å². The van der Waals surface area contributed by atoms with E-state index in [1.165, 1.54) is 6.92 Å². The van der Waals surface area contributed by atoms with E-state index in [4.69, 9.17) is 16.3 Å². The molecule has 1 aliphatic heterocycles. The van der Waals surface area contributed by atoms with Gasteiger partial charge in [0.05, 0.1) is 5.88 Å². The lowest BCUT2D eigenvalue weighted by Gasteiger charge is -2.40. The highest BCUT2D eigenvalue weighted by atomic mass is 35.5. The van der Waals surface area contributed by atoms with Crippen molar-refractivity contribution in [1.82, 2.24) is 5.32 Å². The van der Waals surface area contributed by atoms with Crippen LogP contribution in [0.1, 0.15) is 6.92 Å². The molecule has 0 aliphatic carbocycles. The number of ether oxygens (including phenoxy) is 1. The van der Waals surface area contributed by atoms with Crippen LogP contribution in [0.2, 0.25) is 0 Å². The maximum Gasteiger partial charge on any atom is 0.217 e. The van der Waals surface area contributed by atoms with Crippen LogP contribution in [-0.4, -0.2) is 57.8 Å². The van der Waals surface area contributed by atoms with Crippen molar-refractivity contribution in [2.75, 3.05) is 5.88 Å². The fourth-order valence-electron chi connectivity index (χ4n) is 1.46. The SMILES string of the molecule is CC(=O)N[C@@H]1[C@@H](O)[C@H](O)[C@@H](CCl)O[C@H]1O. The number of rotatable bonds is 2. The molecule has 1 rings (SSSR count). The monoisotopic (exact) mass is 239 g/mol. The minimum Gasteiger partial charge on any atom is -0.388 e. The van der Waals surface area contributed by atoms with E-state index in [1.807, 2.05) is 0 Å². The Morgan fingerprint density at radius 2 is 2.00 bits per heavy atom. The normalized spacial score (nSPS) is 41.3. The van der Waals surface area contributed by atoms with Gasteiger partial charge in [0.15, 0.2) is 6.29 Å². The van der Waals surface area contributed by atoms with Gasteiger partial charge >= 0.3 is 0 Å². The highest BCUT2D eigenvalue weighted by Gasteiger charge is 2.43. The fourth-order valence-corrected chi connectivity index (χ4v) is 1.72. The molecule has 1 saturated heterocycles. The standard InChI is InChI=1S/C8H14ClNO5/c1-3(11)10-5-7(13)6(12)4(2-9)15-8(5)14/h4-8,12-14H,2H2,1H3,(H,10,11)/t4-,5-,6-,7-,8-/m1/s1. The Kier molecular flexibility index (Phi) is 4.30. The van der Waals surface area contributed by atoms with E-state index in [1.54, 1.807) is 0 Å². The van der Waals surface area contributed by atoms with Crippen molar-refractivity contribution in [3.8, 4) is 0 Å². The summed E-state index contributed by atoms with van der Waals surface area (Å²) in [4.78, 5) is 10.8. The van der Waals surface area contributed by atoms with Crippen LogP contribution in [0.25, 0.3) is 0 Å². The molecule has 5 atom stereocenters. The summed E-state index contributed by atoms with van der Waals surface area (Å²) in [5, 5.41) is 30.8. The summed E-state index contributed by atoms with van der Waals surface area (Å²) < 4.78 is 4.93. The van der Waals surface area contributed by atoms with Gasteiger partial charge in [0.2, 0.25) is 5.91 Å². The van der Waals surface area contributed by atoms with Gasteiger partial charge < -0.3 is 25.4 Å². The lowest BCUT2D eigenvalue weighted by molar-refractivity contribution is -0.241. The van der Waals surface area contributed by atoms with Crippen LogP contribution in [0, 0.1) is 0 Å². The van der Waals surface area contributed by atoms with Crippen molar-refractivity contribution in [3.05, 3.63) is 0 Å². The molecule has 1 fully saturated rings. The summed E-state index contributed by atoms with van der Waals surface area (Å²) >= 11 is 5.46. The Balaban J connectivity index is 2.70. The summed E-state index contributed by atoms with van der Waals surface area (Å²) in [5.74, 6) is -0.486. The van der Waals surface area contributed by atoms with Crippen molar-refractivity contribution >= 4 is 17.5 Å². The Morgan fingerprint density at radius 1 is 1.40 bits per heavy atom. The van der Waals surface area contributed by atoms with Crippen molar-refractivity contribution in [2.45, 2.75) is 37.6 Å². The molecular weight excluding hydrogens is 226 g/mol. The lowest BCUT2D eigenvalue weighted by Crippen LogP contribution is -2.63. The van der Waals surface area contributed by atoms with Crippen molar-refractivity contribution in [2.24, 2.45) is 0 Å². The maximum atomic E-state index is 10.8. The van der Waals surface area contributed by atoms with Gasteiger partial charge in [-0.05, 0) is 0 Å². The molecule has 6 nitrogen and oxygen atoms in total. The number of alkyl halides is 1. The number of carbonyl (C=O) groups excluding carboxylic acids is 1. The predicted octanol–water partition coefficient (Wildman–Crippen LogP) is -1.83. The molecule has 1 heterocycles. The number of amides is 1. The van der Waals surface area contributed by atoms with Crippen LogP contribution < -0.4 is 5.32 Å². The summed E-state index contributed by atoms with van der Waals surface area (Å²) in [6.45, 7) is 1.24. The number of aliphatic hydroxyl groups is 3. The molecule has 15 heavy (non-hydrogen) atoms. The van der Waals surface area contributed by atoms with Crippen molar-refractivity contribution < 1.29 is 24.9 Å². The van der Waals surface area contributed by atoms with E-state index in [0.717, 1.165) is 0 Å². The van der Waals surface area contributed by atoms with E-state index in [9.17, 15) is 20.1 Å². The summed E-state index contributed by atoms with van der Waals surface area (Å²) in [5.41, 5.74) is 0. The molecule has 0 saturated carbocycles. The highest BCUT2D eigenvalue weighted by molar-refractivity contribution is 6.18. The van der Waals surface area contributed by atoms with Gasteiger partial charge in [0.25, 0.3) is 0 Å². The van der Waals surface area contributed by atoms with Gasteiger partial charge in [0.1, 0.15) is 24.4 Å². The maximum absolute atomic E-state index is 10.8. The molecule has 0 aromatic carbocycles. The molecule has 88 valence electrons. The van der Waals surface area contributed by atoms with E-state index in [2.05, 4.69) is 5.32 Å². The van der Waals surface area contributed by atoms with Crippen LogP contribution in [0.5, 0.6) is 0 Å². The summed E-state index contributed by atoms with van der Waals surface area (Å²) in [6, 6.07) is -1.04. The third kappa shape index (κ3) is 2.79. The number of hydrogen-bond donors (Lipinski definition) is 4. The van der Waals surface area contributed by atoms with E-state index in [0.29, 0.717) is 0 Å². The van der Waals surface area contributed by atoms with Gasteiger partial charge in [-0.25, -0.2) is 0 Å². The van der Waals surface area contributed by atoms with Crippen LogP contribution in [0.15, 0.2) is 0 Å². The molecule has 0 aromatic heterocycles. The largest absolute Gasteiger partial charge is 0.388 e. The Hall–Kier alpha value is -0.400. The molecule has 0 spiro atoms. The van der Waals surface area contributed by atoms with E-state index < -0.39 is 36.6 Å². The highest BCUT2D eigenvalue weighted by Crippen LogP contribution is 2.20. The Labute approximate surface area is 91.8 Å². The predicted molar refractivity (Wildman–Crippen MR) is 51.2 cm³/mol. The lowest BCUT2D eigenvalue weighted by atomic mass is 9.97. The second kappa shape index (κ2) is 5.09. The zero-order chi connectivity index (χ0) is 11.6. The first kappa shape index (κ1) is 12.7. The van der Waals surface area contributed by atoms with Gasteiger partial charge in [-0.1, -0.05) is 0 Å². The summed E-state index contributed by atoms with van der Waals surface area (Å²) in [7, 11) is 0. The molecule has 0 unspecified atom stereocenters.